The van der Waals surface area contributed by atoms with Crippen molar-refractivity contribution in [2.75, 3.05) is 34.5 Å². The molecule has 1 unspecified atom stereocenters. The van der Waals surface area contributed by atoms with E-state index in [1.165, 1.54) is 14.2 Å². The van der Waals surface area contributed by atoms with Gasteiger partial charge in [0.25, 0.3) is 0 Å². The summed E-state index contributed by atoms with van der Waals surface area (Å²) >= 11 is 0. The van der Waals surface area contributed by atoms with Crippen molar-refractivity contribution in [3.8, 4) is 0 Å². The summed E-state index contributed by atoms with van der Waals surface area (Å²) in [5, 5.41) is 0. The first-order chi connectivity index (χ1) is 8.20. The Labute approximate surface area is 106 Å². The molecule has 1 atom stereocenters. The molecule has 17 heavy (non-hydrogen) atoms. The molecule has 0 aliphatic carbocycles. The van der Waals surface area contributed by atoms with Crippen LogP contribution in [0.2, 0.25) is 0 Å². The van der Waals surface area contributed by atoms with E-state index < -0.39 is 5.97 Å². The van der Waals surface area contributed by atoms with Gasteiger partial charge < -0.3 is 28.8 Å². The molecule has 0 aliphatic heterocycles. The molecule has 0 fully saturated rings. The van der Waals surface area contributed by atoms with Crippen molar-refractivity contribution in [2.45, 2.75) is 31.8 Å². The van der Waals surface area contributed by atoms with Gasteiger partial charge in [0.2, 0.25) is 0 Å². The molecule has 102 valence electrons. The van der Waals surface area contributed by atoms with E-state index in [2.05, 4.69) is 0 Å². The summed E-state index contributed by atoms with van der Waals surface area (Å²) in [6, 6.07) is 0. The number of rotatable bonds is 11. The topological polar surface area (TPSA) is 72.2 Å². The van der Waals surface area contributed by atoms with Gasteiger partial charge in [-0.15, -0.1) is 0 Å². The van der Waals surface area contributed by atoms with Gasteiger partial charge in [-0.05, 0) is 26.3 Å². The lowest BCUT2D eigenvalue weighted by Crippen LogP contribution is -2.50. The fraction of sp³-hybridized carbons (Fsp3) is 1.00. The van der Waals surface area contributed by atoms with E-state index in [4.69, 9.17) is 28.8 Å². The molecule has 0 bridgehead atoms. The largest absolute Gasteiger partial charge is 0.437 e. The van der Waals surface area contributed by atoms with Crippen LogP contribution >= 0.6 is 0 Å². The third-order valence-electron chi connectivity index (χ3n) is 2.31. The second-order valence-electron chi connectivity index (χ2n) is 3.29. The van der Waals surface area contributed by atoms with E-state index in [0.717, 1.165) is 6.42 Å². The molecule has 0 saturated carbocycles. The molecule has 0 aromatic heterocycles. The van der Waals surface area contributed by atoms with Crippen molar-refractivity contribution in [3.05, 3.63) is 0 Å². The van der Waals surface area contributed by atoms with Gasteiger partial charge in [0.05, 0.1) is 0 Å². The maximum absolute atomic E-state index is 5.51. The van der Waals surface area contributed by atoms with Crippen molar-refractivity contribution in [1.29, 1.82) is 0 Å². The molecule has 0 aliphatic rings. The van der Waals surface area contributed by atoms with Gasteiger partial charge in [0.15, 0.2) is 0 Å². The average molecular weight is 265 g/mol. The van der Waals surface area contributed by atoms with Gasteiger partial charge in [-0.3, -0.25) is 0 Å². The molecule has 0 aromatic rings. The van der Waals surface area contributed by atoms with Gasteiger partial charge in [-0.2, -0.15) is 0 Å². The summed E-state index contributed by atoms with van der Waals surface area (Å²) in [5.41, 5.74) is 5.48. The van der Waals surface area contributed by atoms with Crippen LogP contribution in [0.1, 0.15) is 19.8 Å². The third kappa shape index (κ3) is 5.43. The standard InChI is InChI=1S/C10H23NO5Si/c1-5-15-17-16-10(13-3,14-4)9(12-2)7-6-8-11/h9H,5-8,11H2,1-4H3. The predicted molar refractivity (Wildman–Crippen MR) is 64.3 cm³/mol. The molecule has 6 nitrogen and oxygen atoms in total. The molecule has 2 N–H and O–H groups in total. The Morgan fingerprint density at radius 3 is 2.29 bits per heavy atom. The van der Waals surface area contributed by atoms with Gasteiger partial charge >= 0.3 is 16.0 Å². The summed E-state index contributed by atoms with van der Waals surface area (Å²) in [5.74, 6) is -1.24. The Morgan fingerprint density at radius 1 is 1.24 bits per heavy atom. The van der Waals surface area contributed by atoms with Gasteiger partial charge in [-0.25, -0.2) is 0 Å². The van der Waals surface area contributed by atoms with Crippen LogP contribution in [-0.4, -0.2) is 56.6 Å². The molecule has 0 aromatic carbocycles. The van der Waals surface area contributed by atoms with E-state index in [0.29, 0.717) is 19.6 Å². The summed E-state index contributed by atoms with van der Waals surface area (Å²) in [4.78, 5) is 0. The monoisotopic (exact) mass is 265 g/mol. The van der Waals surface area contributed by atoms with Crippen LogP contribution in [0, 0.1) is 0 Å². The highest BCUT2D eigenvalue weighted by atomic mass is 28.3. The summed E-state index contributed by atoms with van der Waals surface area (Å²) in [6.45, 7) is 3.04. The third-order valence-corrected chi connectivity index (χ3v) is 3.08. The zero-order valence-corrected chi connectivity index (χ0v) is 12.0. The number of hydrogen-bond acceptors (Lipinski definition) is 6. The summed E-state index contributed by atoms with van der Waals surface area (Å²) < 4.78 is 26.6. The number of nitrogens with two attached hydrogens (primary N) is 1. The van der Waals surface area contributed by atoms with E-state index in [9.17, 15) is 0 Å². The van der Waals surface area contributed by atoms with Gasteiger partial charge in [0.1, 0.15) is 6.10 Å². The molecule has 0 amide bonds. The van der Waals surface area contributed by atoms with Gasteiger partial charge in [0, 0.05) is 27.9 Å². The number of ether oxygens (including phenoxy) is 3. The maximum Gasteiger partial charge on any atom is 0.437 e. The zero-order chi connectivity index (χ0) is 13.1. The van der Waals surface area contributed by atoms with Crippen molar-refractivity contribution in [2.24, 2.45) is 5.73 Å². The van der Waals surface area contributed by atoms with Crippen LogP contribution < -0.4 is 5.73 Å². The minimum atomic E-state index is -1.24. The fourth-order valence-corrected chi connectivity index (χ4v) is 1.98. The molecule has 0 heterocycles. The van der Waals surface area contributed by atoms with E-state index >= 15 is 0 Å². The van der Waals surface area contributed by atoms with E-state index in [1.807, 2.05) is 6.92 Å². The van der Waals surface area contributed by atoms with E-state index in [1.54, 1.807) is 7.11 Å². The summed E-state index contributed by atoms with van der Waals surface area (Å²) in [6.07, 6.45) is 1.13. The maximum atomic E-state index is 5.51. The molecule has 7 heteroatoms. The van der Waals surface area contributed by atoms with Crippen molar-refractivity contribution < 1.29 is 23.1 Å². The fourth-order valence-electron chi connectivity index (χ4n) is 1.38. The lowest BCUT2D eigenvalue weighted by Gasteiger charge is -2.36. The van der Waals surface area contributed by atoms with E-state index in [-0.39, 0.29) is 16.1 Å². The normalized spacial score (nSPS) is 13.9. The molecule has 2 radical (unpaired) electrons. The average Bonchev–Trinajstić information content (AvgIpc) is 2.37. The number of hydrogen-bond donors (Lipinski definition) is 1. The Morgan fingerprint density at radius 2 is 1.88 bits per heavy atom. The molecule has 0 spiro atoms. The Hall–Kier alpha value is -0.0231. The van der Waals surface area contributed by atoms with Crippen LogP contribution in [0.3, 0.4) is 0 Å². The SMILES string of the molecule is CCO[Si]OC(OC)(OC)C(CCCN)OC. The zero-order valence-electron chi connectivity index (χ0n) is 11.0. The molecule has 0 saturated heterocycles. The first kappa shape index (κ1) is 17.0. The second-order valence-corrected chi connectivity index (χ2v) is 3.94. The van der Waals surface area contributed by atoms with Gasteiger partial charge in [-0.1, -0.05) is 0 Å². The molecular weight excluding hydrogens is 242 g/mol. The first-order valence-electron chi connectivity index (χ1n) is 5.58. The Balaban J connectivity index is 4.49. The Kier molecular flexibility index (Phi) is 9.94. The number of methoxy groups -OCH3 is 3. The first-order valence-corrected chi connectivity index (χ1v) is 6.40. The predicted octanol–water partition coefficient (Wildman–Crippen LogP) is 0.274. The smallest absolute Gasteiger partial charge is 0.393 e. The second kappa shape index (κ2) is 9.95. The van der Waals surface area contributed by atoms with Crippen LogP contribution in [-0.2, 0) is 23.1 Å². The highest BCUT2D eigenvalue weighted by molar-refractivity contribution is 6.18. The Bertz CT molecular complexity index is 180. The van der Waals surface area contributed by atoms with Crippen molar-refractivity contribution in [1.82, 2.24) is 0 Å². The van der Waals surface area contributed by atoms with Crippen LogP contribution in [0.15, 0.2) is 0 Å². The highest BCUT2D eigenvalue weighted by Gasteiger charge is 2.41. The van der Waals surface area contributed by atoms with Crippen LogP contribution in [0.25, 0.3) is 0 Å². The van der Waals surface area contributed by atoms with Crippen molar-refractivity contribution in [3.63, 3.8) is 0 Å². The van der Waals surface area contributed by atoms with Crippen LogP contribution in [0.5, 0.6) is 0 Å². The van der Waals surface area contributed by atoms with Crippen LogP contribution in [0.4, 0.5) is 0 Å². The molecule has 0 rings (SSSR count). The minimum Gasteiger partial charge on any atom is -0.393 e. The highest BCUT2D eigenvalue weighted by Crippen LogP contribution is 2.24. The summed E-state index contributed by atoms with van der Waals surface area (Å²) in [7, 11) is 4.44. The lowest BCUT2D eigenvalue weighted by molar-refractivity contribution is -0.370. The molecular formula is C10H23NO5Si. The minimum absolute atomic E-state index is 0.163. The quantitative estimate of drug-likeness (QED) is 0.328. The van der Waals surface area contributed by atoms with Crippen molar-refractivity contribution >= 4 is 10.0 Å². The lowest BCUT2D eigenvalue weighted by atomic mass is 10.1.